The monoisotopic (exact) mass is 190 g/mol. The van der Waals surface area contributed by atoms with Crippen molar-refractivity contribution in [2.45, 2.75) is 6.61 Å². The van der Waals surface area contributed by atoms with Gasteiger partial charge in [-0.1, -0.05) is 30.3 Å². The molecule has 2 aromatic rings. The SMILES string of the molecule is O=c1ccn(OCc2ccccc2)[nH]1. The molecule has 0 aliphatic heterocycles. The third kappa shape index (κ3) is 2.04. The van der Waals surface area contributed by atoms with Gasteiger partial charge in [-0.25, -0.2) is 5.10 Å². The topological polar surface area (TPSA) is 47.0 Å². The average Bonchev–Trinajstić information content (AvgIpc) is 2.63. The van der Waals surface area contributed by atoms with Crippen LogP contribution in [0.5, 0.6) is 0 Å². The second kappa shape index (κ2) is 3.83. The summed E-state index contributed by atoms with van der Waals surface area (Å²) in [5.41, 5.74) is 0.889. The zero-order valence-corrected chi connectivity index (χ0v) is 7.51. The first-order chi connectivity index (χ1) is 6.84. The highest BCUT2D eigenvalue weighted by Crippen LogP contribution is 1.97. The van der Waals surface area contributed by atoms with Crippen molar-refractivity contribution in [3.63, 3.8) is 0 Å². The van der Waals surface area contributed by atoms with Gasteiger partial charge in [-0.3, -0.25) is 4.79 Å². The second-order valence-electron chi connectivity index (χ2n) is 2.88. The summed E-state index contributed by atoms with van der Waals surface area (Å²) in [5, 5.41) is 2.49. The first-order valence-corrected chi connectivity index (χ1v) is 4.29. The van der Waals surface area contributed by atoms with Crippen LogP contribution in [0.2, 0.25) is 0 Å². The number of H-pyrrole nitrogens is 1. The van der Waals surface area contributed by atoms with Gasteiger partial charge in [0, 0.05) is 6.07 Å². The smallest absolute Gasteiger partial charge is 0.266 e. The van der Waals surface area contributed by atoms with E-state index in [1.54, 1.807) is 6.20 Å². The minimum atomic E-state index is -0.168. The highest BCUT2D eigenvalue weighted by Gasteiger charge is 1.93. The molecular weight excluding hydrogens is 180 g/mol. The fourth-order valence-electron chi connectivity index (χ4n) is 1.11. The quantitative estimate of drug-likeness (QED) is 0.778. The van der Waals surface area contributed by atoms with E-state index in [0.29, 0.717) is 6.61 Å². The zero-order valence-electron chi connectivity index (χ0n) is 7.51. The predicted molar refractivity (Wildman–Crippen MR) is 51.8 cm³/mol. The summed E-state index contributed by atoms with van der Waals surface area (Å²) in [4.78, 5) is 17.3. The molecule has 1 N–H and O–H groups in total. The molecule has 0 aliphatic carbocycles. The Kier molecular flexibility index (Phi) is 2.36. The lowest BCUT2D eigenvalue weighted by Gasteiger charge is -2.04. The molecule has 0 amide bonds. The molecule has 2 rings (SSSR count). The fourth-order valence-corrected chi connectivity index (χ4v) is 1.11. The molecule has 0 unspecified atom stereocenters. The molecule has 0 fully saturated rings. The Morgan fingerprint density at radius 2 is 2.00 bits per heavy atom. The van der Waals surface area contributed by atoms with Gasteiger partial charge >= 0.3 is 0 Å². The van der Waals surface area contributed by atoms with Gasteiger partial charge in [0.15, 0.2) is 0 Å². The predicted octanol–water partition coefficient (Wildman–Crippen LogP) is 0.805. The maximum absolute atomic E-state index is 10.7. The minimum absolute atomic E-state index is 0.168. The molecule has 72 valence electrons. The molecule has 0 bridgehead atoms. The highest BCUT2D eigenvalue weighted by molar-refractivity contribution is 5.13. The van der Waals surface area contributed by atoms with Crippen LogP contribution in [0.25, 0.3) is 0 Å². The number of nitrogens with zero attached hydrogens (tertiary/aromatic N) is 1. The van der Waals surface area contributed by atoms with Crippen LogP contribution in [0.15, 0.2) is 47.4 Å². The number of hydrogen-bond acceptors (Lipinski definition) is 2. The Morgan fingerprint density at radius 1 is 1.21 bits per heavy atom. The lowest BCUT2D eigenvalue weighted by atomic mass is 10.2. The van der Waals surface area contributed by atoms with E-state index in [9.17, 15) is 4.79 Å². The van der Waals surface area contributed by atoms with Gasteiger partial charge in [-0.15, -0.1) is 4.85 Å². The molecule has 1 heterocycles. The van der Waals surface area contributed by atoms with E-state index in [4.69, 9.17) is 4.84 Å². The van der Waals surface area contributed by atoms with Crippen molar-refractivity contribution >= 4 is 0 Å². The first kappa shape index (κ1) is 8.62. The molecule has 0 saturated carbocycles. The fraction of sp³-hybridized carbons (Fsp3) is 0.100. The van der Waals surface area contributed by atoms with Crippen LogP contribution in [0.3, 0.4) is 0 Å². The van der Waals surface area contributed by atoms with E-state index < -0.39 is 0 Å². The molecule has 0 atom stereocenters. The lowest BCUT2D eigenvalue weighted by molar-refractivity contribution is 0.0692. The van der Waals surface area contributed by atoms with Crippen LogP contribution in [-0.2, 0) is 6.61 Å². The van der Waals surface area contributed by atoms with E-state index in [1.165, 1.54) is 10.9 Å². The van der Waals surface area contributed by atoms with Gasteiger partial charge in [0.2, 0.25) is 0 Å². The Hall–Kier alpha value is -1.97. The standard InChI is InChI=1S/C10H10N2O2/c13-10-6-7-12(11-10)14-8-9-4-2-1-3-5-9/h1-7H,8H2,(H,11,13). The molecule has 4 heteroatoms. The summed E-state index contributed by atoms with van der Waals surface area (Å²) in [6.45, 7) is 0.436. The summed E-state index contributed by atoms with van der Waals surface area (Å²) in [6, 6.07) is 11.2. The van der Waals surface area contributed by atoms with Crippen molar-refractivity contribution in [2.24, 2.45) is 0 Å². The van der Waals surface area contributed by atoms with Crippen LogP contribution in [0.4, 0.5) is 0 Å². The Balaban J connectivity index is 1.98. The molecular formula is C10H10N2O2. The van der Waals surface area contributed by atoms with Crippen LogP contribution in [0, 0.1) is 0 Å². The molecule has 1 aromatic carbocycles. The second-order valence-corrected chi connectivity index (χ2v) is 2.88. The number of benzene rings is 1. The van der Waals surface area contributed by atoms with Gasteiger partial charge < -0.3 is 4.84 Å². The minimum Gasteiger partial charge on any atom is -0.394 e. The number of aromatic amines is 1. The van der Waals surface area contributed by atoms with Crippen LogP contribution in [-0.4, -0.2) is 9.94 Å². The van der Waals surface area contributed by atoms with Crippen molar-refractivity contribution < 1.29 is 4.84 Å². The molecule has 0 spiro atoms. The van der Waals surface area contributed by atoms with Gasteiger partial charge in [0.25, 0.3) is 5.56 Å². The van der Waals surface area contributed by atoms with Gasteiger partial charge in [0.05, 0.1) is 6.20 Å². The van der Waals surface area contributed by atoms with Gasteiger partial charge in [-0.2, -0.15) is 0 Å². The van der Waals surface area contributed by atoms with E-state index in [1.807, 2.05) is 30.3 Å². The summed E-state index contributed by atoms with van der Waals surface area (Å²) in [7, 11) is 0. The molecule has 14 heavy (non-hydrogen) atoms. The van der Waals surface area contributed by atoms with Gasteiger partial charge in [-0.05, 0) is 5.56 Å². The summed E-state index contributed by atoms with van der Waals surface area (Å²) < 4.78 is 0. The molecule has 4 nitrogen and oxygen atoms in total. The van der Waals surface area contributed by atoms with Crippen LogP contribution >= 0.6 is 0 Å². The van der Waals surface area contributed by atoms with Crippen molar-refractivity contribution in [3.8, 4) is 0 Å². The number of aromatic nitrogens is 2. The Labute approximate surface area is 80.7 Å². The molecule has 0 aliphatic rings. The van der Waals surface area contributed by atoms with E-state index in [0.717, 1.165) is 5.56 Å². The summed E-state index contributed by atoms with van der Waals surface area (Å²) in [5.74, 6) is 0. The number of hydrogen-bond donors (Lipinski definition) is 1. The first-order valence-electron chi connectivity index (χ1n) is 4.29. The summed E-state index contributed by atoms with van der Waals surface area (Å²) >= 11 is 0. The van der Waals surface area contributed by atoms with E-state index in [2.05, 4.69) is 5.10 Å². The van der Waals surface area contributed by atoms with E-state index in [-0.39, 0.29) is 5.56 Å². The Bertz CT molecular complexity index is 444. The summed E-state index contributed by atoms with van der Waals surface area (Å²) in [6.07, 6.45) is 1.55. The maximum atomic E-state index is 10.7. The average molecular weight is 190 g/mol. The third-order valence-electron chi connectivity index (χ3n) is 1.79. The lowest BCUT2D eigenvalue weighted by Crippen LogP contribution is -2.14. The van der Waals surface area contributed by atoms with E-state index >= 15 is 0 Å². The van der Waals surface area contributed by atoms with Crippen molar-refractivity contribution in [3.05, 3.63) is 58.5 Å². The number of rotatable bonds is 3. The van der Waals surface area contributed by atoms with Crippen molar-refractivity contribution in [2.75, 3.05) is 0 Å². The zero-order chi connectivity index (χ0) is 9.80. The highest BCUT2D eigenvalue weighted by atomic mass is 16.7. The third-order valence-corrected chi connectivity index (χ3v) is 1.79. The van der Waals surface area contributed by atoms with Crippen LogP contribution < -0.4 is 10.4 Å². The largest absolute Gasteiger partial charge is 0.394 e. The molecule has 0 saturated heterocycles. The van der Waals surface area contributed by atoms with Crippen LogP contribution in [0.1, 0.15) is 5.56 Å². The Morgan fingerprint density at radius 3 is 2.64 bits per heavy atom. The van der Waals surface area contributed by atoms with Gasteiger partial charge in [0.1, 0.15) is 6.61 Å². The van der Waals surface area contributed by atoms with Crippen molar-refractivity contribution in [1.29, 1.82) is 0 Å². The maximum Gasteiger partial charge on any atom is 0.266 e. The normalized spacial score (nSPS) is 10.0. The molecule has 0 radical (unpaired) electrons. The van der Waals surface area contributed by atoms with Crippen molar-refractivity contribution in [1.82, 2.24) is 9.94 Å². The molecule has 1 aromatic heterocycles. The number of nitrogens with one attached hydrogen (secondary N) is 1.